The Balaban J connectivity index is 1.38. The van der Waals surface area contributed by atoms with Crippen LogP contribution < -0.4 is 21.7 Å². The quantitative estimate of drug-likeness (QED) is 0.431. The van der Waals surface area contributed by atoms with Crippen molar-refractivity contribution in [3.63, 3.8) is 0 Å². The molecule has 170 valence electrons. The van der Waals surface area contributed by atoms with Crippen LogP contribution in [0.25, 0.3) is 0 Å². The van der Waals surface area contributed by atoms with E-state index in [0.717, 1.165) is 24.1 Å². The molecule has 8 heteroatoms. The third-order valence-corrected chi connectivity index (χ3v) is 5.85. The number of carbonyl (C=O) groups excluding carboxylic acids is 2. The minimum absolute atomic E-state index is 0.266. The van der Waals surface area contributed by atoms with Gasteiger partial charge >= 0.3 is 6.09 Å². The van der Waals surface area contributed by atoms with Gasteiger partial charge in [0.15, 0.2) is 0 Å². The van der Waals surface area contributed by atoms with Gasteiger partial charge in [-0.1, -0.05) is 30.3 Å². The number of hydrogen-bond donors (Lipinski definition) is 4. The fraction of sp³-hybridized carbons (Fsp3) is 0.240. The predicted molar refractivity (Wildman–Crippen MR) is 127 cm³/mol. The maximum Gasteiger partial charge on any atom is 0.408 e. The molecule has 1 fully saturated rings. The molecule has 0 spiro atoms. The van der Waals surface area contributed by atoms with Crippen LogP contribution in [0.4, 0.5) is 16.2 Å². The Labute approximate surface area is 192 Å². The number of nitrogens with two attached hydrogens (primary N) is 1. The molecule has 5 N–H and O–H groups in total. The number of hydrogen-bond acceptors (Lipinski definition) is 6. The molecule has 0 saturated carbocycles. The zero-order valence-corrected chi connectivity index (χ0v) is 18.4. The van der Waals surface area contributed by atoms with Gasteiger partial charge < -0.3 is 26.4 Å². The van der Waals surface area contributed by atoms with Crippen LogP contribution in [0.2, 0.25) is 0 Å². The van der Waals surface area contributed by atoms with Gasteiger partial charge in [0.2, 0.25) is 0 Å². The Morgan fingerprint density at radius 1 is 1.12 bits per heavy atom. The van der Waals surface area contributed by atoms with E-state index in [4.69, 9.17) is 10.5 Å². The van der Waals surface area contributed by atoms with Crippen LogP contribution in [-0.4, -0.2) is 30.1 Å². The van der Waals surface area contributed by atoms with Gasteiger partial charge in [-0.15, -0.1) is 0 Å². The van der Waals surface area contributed by atoms with Gasteiger partial charge in [0.1, 0.15) is 6.10 Å². The zero-order chi connectivity index (χ0) is 23.3. The minimum Gasteiger partial charge on any atom is -0.442 e. The van der Waals surface area contributed by atoms with Gasteiger partial charge in [0, 0.05) is 24.5 Å². The lowest BCUT2D eigenvalue weighted by Gasteiger charge is -2.30. The van der Waals surface area contributed by atoms with E-state index in [-0.39, 0.29) is 5.91 Å². The number of rotatable bonds is 6. The number of nitrogens with zero attached hydrogens (tertiary/aromatic N) is 1. The first kappa shape index (κ1) is 22.3. The van der Waals surface area contributed by atoms with E-state index in [0.29, 0.717) is 23.5 Å². The maximum atomic E-state index is 12.7. The van der Waals surface area contributed by atoms with Gasteiger partial charge in [0.05, 0.1) is 16.9 Å². The predicted octanol–water partition coefficient (Wildman–Crippen LogP) is 3.59. The highest BCUT2D eigenvalue weighted by Crippen LogP contribution is 2.28. The molecular weight excluding hydrogens is 418 g/mol. The zero-order valence-electron chi connectivity index (χ0n) is 18.4. The molecule has 0 bridgehead atoms. The molecular formula is C25H27N5O3. The number of benzene rings is 2. The third kappa shape index (κ3) is 5.12. The van der Waals surface area contributed by atoms with Crippen LogP contribution in [0.3, 0.4) is 0 Å². The SMILES string of the molecule is C[C@H](OC(=O)N[C@@]1(c2cccnc2)CCNC1)c1ccc(C(=O)Nc2ccccc2N)cc1. The molecule has 1 aliphatic rings. The van der Waals surface area contributed by atoms with Crippen molar-refractivity contribution >= 4 is 23.4 Å². The van der Waals surface area contributed by atoms with E-state index in [9.17, 15) is 9.59 Å². The summed E-state index contributed by atoms with van der Waals surface area (Å²) in [6, 6.07) is 17.8. The summed E-state index contributed by atoms with van der Waals surface area (Å²) in [7, 11) is 0. The number of carbonyl (C=O) groups is 2. The van der Waals surface area contributed by atoms with Crippen LogP contribution in [-0.2, 0) is 10.3 Å². The molecule has 2 atom stereocenters. The average molecular weight is 446 g/mol. The minimum atomic E-state index is -0.549. The van der Waals surface area contributed by atoms with E-state index in [1.54, 1.807) is 67.8 Å². The average Bonchev–Trinajstić information content (AvgIpc) is 3.30. The maximum absolute atomic E-state index is 12.7. The first-order valence-corrected chi connectivity index (χ1v) is 10.8. The number of aromatic nitrogens is 1. The molecule has 2 aromatic carbocycles. The molecule has 0 aliphatic carbocycles. The van der Waals surface area contributed by atoms with E-state index in [2.05, 4.69) is 20.9 Å². The molecule has 33 heavy (non-hydrogen) atoms. The Bertz CT molecular complexity index is 1110. The molecule has 4 rings (SSSR count). The van der Waals surface area contributed by atoms with Crippen LogP contribution in [0.5, 0.6) is 0 Å². The number of pyridine rings is 1. The highest BCUT2D eigenvalue weighted by atomic mass is 16.6. The summed E-state index contributed by atoms with van der Waals surface area (Å²) >= 11 is 0. The van der Waals surface area contributed by atoms with Gasteiger partial charge in [-0.25, -0.2) is 4.79 Å². The summed E-state index contributed by atoms with van der Waals surface area (Å²) in [4.78, 5) is 29.4. The summed E-state index contributed by atoms with van der Waals surface area (Å²) in [5.74, 6) is -0.266. The Morgan fingerprint density at radius 3 is 2.58 bits per heavy atom. The smallest absolute Gasteiger partial charge is 0.408 e. The highest BCUT2D eigenvalue weighted by molar-refractivity contribution is 6.05. The molecule has 2 amide bonds. The molecule has 3 aromatic rings. The number of ether oxygens (including phenoxy) is 1. The second-order valence-corrected chi connectivity index (χ2v) is 8.09. The molecule has 2 heterocycles. The first-order valence-electron chi connectivity index (χ1n) is 10.8. The van der Waals surface area contributed by atoms with Crippen molar-refractivity contribution in [1.29, 1.82) is 0 Å². The van der Waals surface area contributed by atoms with Crippen LogP contribution >= 0.6 is 0 Å². The van der Waals surface area contributed by atoms with Gasteiger partial charge in [0.25, 0.3) is 5.91 Å². The largest absolute Gasteiger partial charge is 0.442 e. The third-order valence-electron chi connectivity index (χ3n) is 5.85. The fourth-order valence-corrected chi connectivity index (χ4v) is 3.93. The molecule has 0 radical (unpaired) electrons. The van der Waals surface area contributed by atoms with Crippen molar-refractivity contribution in [2.75, 3.05) is 24.1 Å². The lowest BCUT2D eigenvalue weighted by Crippen LogP contribution is -2.47. The van der Waals surface area contributed by atoms with Crippen molar-refractivity contribution in [3.8, 4) is 0 Å². The normalized spacial score (nSPS) is 18.3. The van der Waals surface area contributed by atoms with Crippen LogP contribution in [0, 0.1) is 0 Å². The van der Waals surface area contributed by atoms with Crippen molar-refractivity contribution in [3.05, 3.63) is 89.7 Å². The number of nitrogen functional groups attached to an aromatic ring is 1. The summed E-state index contributed by atoms with van der Waals surface area (Å²) < 4.78 is 5.64. The summed E-state index contributed by atoms with van der Waals surface area (Å²) in [5, 5.41) is 9.12. The Morgan fingerprint density at radius 2 is 1.91 bits per heavy atom. The molecule has 1 aromatic heterocycles. The lowest BCUT2D eigenvalue weighted by atomic mass is 9.90. The second kappa shape index (κ2) is 9.70. The molecule has 0 unspecified atom stereocenters. The van der Waals surface area contributed by atoms with E-state index in [1.165, 1.54) is 0 Å². The number of anilines is 2. The van der Waals surface area contributed by atoms with Gasteiger partial charge in [-0.3, -0.25) is 9.78 Å². The van der Waals surface area contributed by atoms with Gasteiger partial charge in [-0.05, 0) is 61.3 Å². The number of nitrogens with one attached hydrogen (secondary N) is 3. The van der Waals surface area contributed by atoms with Crippen molar-refractivity contribution < 1.29 is 14.3 Å². The first-order chi connectivity index (χ1) is 16.0. The van der Waals surface area contributed by atoms with Gasteiger partial charge in [-0.2, -0.15) is 0 Å². The number of para-hydroxylation sites is 2. The molecule has 1 saturated heterocycles. The number of alkyl carbamates (subject to hydrolysis) is 1. The number of amides is 2. The second-order valence-electron chi connectivity index (χ2n) is 8.09. The summed E-state index contributed by atoms with van der Waals surface area (Å²) in [6.45, 7) is 3.20. The standard InChI is InChI=1S/C25H27N5O3/c1-17(33-24(32)30-25(12-14-28-16-25)20-5-4-13-27-15-20)18-8-10-19(11-9-18)23(31)29-22-7-3-2-6-21(22)26/h2-11,13,15,17,28H,12,14,16,26H2,1H3,(H,29,31)(H,30,32)/t17-,25-/m0/s1. The van der Waals surface area contributed by atoms with Crippen molar-refractivity contribution in [2.45, 2.75) is 25.0 Å². The van der Waals surface area contributed by atoms with E-state index < -0.39 is 17.7 Å². The topological polar surface area (TPSA) is 118 Å². The van der Waals surface area contributed by atoms with E-state index >= 15 is 0 Å². The van der Waals surface area contributed by atoms with Crippen LogP contribution in [0.15, 0.2) is 73.1 Å². The summed E-state index contributed by atoms with van der Waals surface area (Å²) in [6.07, 6.45) is 3.23. The highest BCUT2D eigenvalue weighted by Gasteiger charge is 2.38. The van der Waals surface area contributed by atoms with Crippen molar-refractivity contribution in [2.24, 2.45) is 0 Å². The summed E-state index contributed by atoms with van der Waals surface area (Å²) in [5.41, 5.74) is 8.59. The van der Waals surface area contributed by atoms with E-state index in [1.807, 2.05) is 12.1 Å². The van der Waals surface area contributed by atoms with Crippen LogP contribution in [0.1, 0.15) is 40.9 Å². The molecule has 8 nitrogen and oxygen atoms in total. The Hall–Kier alpha value is -3.91. The Kier molecular flexibility index (Phi) is 6.55. The molecule has 1 aliphatic heterocycles. The fourth-order valence-electron chi connectivity index (χ4n) is 3.93. The monoisotopic (exact) mass is 445 g/mol. The lowest BCUT2D eigenvalue weighted by molar-refractivity contribution is 0.0965. The van der Waals surface area contributed by atoms with Crippen molar-refractivity contribution in [1.82, 2.24) is 15.6 Å².